The maximum Gasteiger partial charge on any atom is 0.324 e. The molecule has 0 saturated carbocycles. The fourth-order valence-corrected chi connectivity index (χ4v) is 14.5. The van der Waals surface area contributed by atoms with Crippen LogP contribution in [0.4, 0.5) is 0 Å². The Hall–Kier alpha value is -7.77. The summed E-state index contributed by atoms with van der Waals surface area (Å²) in [6.07, 6.45) is 8.58. The molecule has 0 atom stereocenters. The topological polar surface area (TPSA) is 231 Å². The maximum absolute atomic E-state index is 5.40. The Labute approximate surface area is 590 Å². The molecule has 14 aromatic rings. The number of aromatic nitrogens is 20. The van der Waals surface area contributed by atoms with E-state index in [0.29, 0.717) is 88.7 Å². The van der Waals surface area contributed by atoms with E-state index in [1.165, 1.54) is 74.9 Å². The van der Waals surface area contributed by atoms with Gasteiger partial charge >= 0.3 is 5.84 Å². The average molecular weight is 1400 g/mol. The van der Waals surface area contributed by atoms with Crippen molar-refractivity contribution in [2.24, 2.45) is 0 Å². The number of aromatic amines is 2. The van der Waals surface area contributed by atoms with E-state index >= 15 is 0 Å². The first-order valence-electron chi connectivity index (χ1n) is 35.1. The predicted octanol–water partition coefficient (Wildman–Crippen LogP) is 20.7. The summed E-state index contributed by atoms with van der Waals surface area (Å²) in [5, 5.41) is 16.8. The molecule has 25 heteroatoms. The van der Waals surface area contributed by atoms with Gasteiger partial charge in [-0.1, -0.05) is 217 Å². The number of fused-ring (bicyclic) bond motifs is 7. The van der Waals surface area contributed by atoms with Gasteiger partial charge < -0.3 is 8.94 Å². The SMILES string of the molecule is CC(C)c1nc2cc[nH]n2c1C(C)C.CC(C)c1nc2ccon2c1C(C)C.CC(C)c1nc2ccsn2c1C(C)C.CC(C)c1nc2nc[nH]n2c1C(C)C.CC(C)c1nc2ocnn2c1C(C)C.CC(C)c1nc2scnn2c1C(C)C.CC(C)c1nc2sncn2c1C(C)C. The molecule has 0 aliphatic carbocycles. The monoisotopic (exact) mass is 1390 g/mol. The molecule has 14 heterocycles. The molecule has 0 fully saturated rings. The highest BCUT2D eigenvalue weighted by Gasteiger charge is 2.25. The number of H-pyrrole nitrogens is 2. The predicted molar refractivity (Wildman–Crippen MR) is 402 cm³/mol. The van der Waals surface area contributed by atoms with Crippen molar-refractivity contribution in [3.63, 3.8) is 0 Å². The Bertz CT molecular complexity index is 3900. The molecule has 0 unspecified atom stereocenters. The van der Waals surface area contributed by atoms with Crippen LogP contribution in [0.1, 0.15) is 356 Å². The lowest BCUT2D eigenvalue weighted by molar-refractivity contribution is 0.360. The van der Waals surface area contributed by atoms with Crippen molar-refractivity contribution < 1.29 is 8.94 Å². The van der Waals surface area contributed by atoms with Crippen molar-refractivity contribution in [1.29, 1.82) is 0 Å². The Balaban J connectivity index is 0.000000146. The molecule has 0 radical (unpaired) electrons. The molecule has 0 bridgehead atoms. The zero-order valence-electron chi connectivity index (χ0n) is 63.4. The van der Waals surface area contributed by atoms with Crippen LogP contribution in [-0.2, 0) is 0 Å². The summed E-state index contributed by atoms with van der Waals surface area (Å²) >= 11 is 4.79. The van der Waals surface area contributed by atoms with Crippen LogP contribution >= 0.6 is 34.4 Å². The van der Waals surface area contributed by atoms with Crippen molar-refractivity contribution in [3.8, 4) is 0 Å². The van der Waals surface area contributed by atoms with Crippen LogP contribution in [0, 0.1) is 0 Å². The van der Waals surface area contributed by atoms with Crippen molar-refractivity contribution >= 4 is 72.9 Å². The first kappa shape index (κ1) is 76.0. The lowest BCUT2D eigenvalue weighted by Gasteiger charge is -2.09. The quantitative estimate of drug-likeness (QED) is 0.103. The molecular formula is C73H110N20O2S3. The second-order valence-electron chi connectivity index (χ2n) is 29.5. The van der Waals surface area contributed by atoms with Gasteiger partial charge in [0.15, 0.2) is 11.3 Å². The minimum atomic E-state index is 0.407. The molecule has 0 amide bonds. The number of nitrogens with zero attached hydrogens (tertiary/aromatic N) is 18. The standard InChI is InChI=1S/C11H17N3.C11H16N2O.C11H16N2S.C10H16N4.C10H15N3O.2C10H15N3S/c1-7(2)10-11(8(3)4)14-9(13-10)5-6-12-14;2*1-7(2)10-11(8(3)4)13-9(12-10)5-6-14-13;1-6(2)8-9(7(3)4)14-10(13-8)11-5-12-14;2*1-6(2)8-9(7(3)4)13-10(12-8)14-5-11-13;1-6(2)8-9(7(3)4)13-5-11-14-10(13)12-8/h5-8,12H,1-4H3;2*5-8H,1-4H3;5-7H,1-4H3,(H,11,12,13);3*5-7H,1-4H3. The lowest BCUT2D eigenvalue weighted by atomic mass is 10.0. The number of hydrogen-bond donors (Lipinski definition) is 2. The van der Waals surface area contributed by atoms with E-state index < -0.39 is 0 Å². The largest absolute Gasteiger partial charge is 0.410 e. The Morgan fingerprint density at radius 3 is 1.46 bits per heavy atom. The van der Waals surface area contributed by atoms with Crippen molar-refractivity contribution in [3.05, 3.63) is 140 Å². The van der Waals surface area contributed by atoms with Gasteiger partial charge in [0.05, 0.1) is 79.7 Å². The first-order chi connectivity index (χ1) is 46.3. The molecule has 0 aliphatic heterocycles. The number of nitrogens with one attached hydrogen (secondary N) is 2. The molecule has 0 spiro atoms. The molecule has 0 aliphatic rings. The average Bonchev–Trinajstić information content (AvgIpc) is 1.71. The normalized spacial score (nSPS) is 12.1. The van der Waals surface area contributed by atoms with Gasteiger partial charge in [-0.3, -0.25) is 18.4 Å². The third-order valence-electron chi connectivity index (χ3n) is 16.6. The smallest absolute Gasteiger partial charge is 0.324 e. The maximum atomic E-state index is 5.40. The van der Waals surface area contributed by atoms with Crippen molar-refractivity contribution in [2.45, 2.75) is 277 Å². The van der Waals surface area contributed by atoms with Gasteiger partial charge in [-0.25, -0.2) is 48.4 Å². The summed E-state index contributed by atoms with van der Waals surface area (Å²) in [7, 11) is 0. The van der Waals surface area contributed by atoms with Crippen LogP contribution in [0.25, 0.3) is 38.5 Å². The Morgan fingerprint density at radius 2 is 0.888 bits per heavy atom. The zero-order valence-corrected chi connectivity index (χ0v) is 65.9. The van der Waals surface area contributed by atoms with E-state index in [2.05, 4.69) is 283 Å². The highest BCUT2D eigenvalue weighted by molar-refractivity contribution is 7.14. The summed E-state index contributed by atoms with van der Waals surface area (Å²) in [4.78, 5) is 38.2. The van der Waals surface area contributed by atoms with Gasteiger partial charge in [0.25, 0.3) is 5.78 Å². The van der Waals surface area contributed by atoms with Crippen molar-refractivity contribution in [1.82, 2.24) is 95.5 Å². The van der Waals surface area contributed by atoms with E-state index in [9.17, 15) is 0 Å². The summed E-state index contributed by atoms with van der Waals surface area (Å²) in [6.45, 7) is 61.0. The van der Waals surface area contributed by atoms with Crippen molar-refractivity contribution in [2.75, 3.05) is 0 Å². The molecule has 532 valence electrons. The molecule has 2 N–H and O–H groups in total. The highest BCUT2D eigenvalue weighted by Crippen LogP contribution is 2.34. The van der Waals surface area contributed by atoms with Gasteiger partial charge in [0, 0.05) is 35.2 Å². The molecule has 0 aromatic carbocycles. The van der Waals surface area contributed by atoms with E-state index in [0.717, 1.165) is 55.4 Å². The summed E-state index contributed by atoms with van der Waals surface area (Å²) < 4.78 is 28.7. The van der Waals surface area contributed by atoms with E-state index in [1.54, 1.807) is 40.0 Å². The third kappa shape index (κ3) is 16.4. The molecule has 98 heavy (non-hydrogen) atoms. The fourth-order valence-electron chi connectivity index (χ4n) is 12.3. The zero-order chi connectivity index (χ0) is 72.0. The Kier molecular flexibility index (Phi) is 25.2. The fraction of sp³-hybridized carbons (Fsp3) is 0.575. The van der Waals surface area contributed by atoms with Crippen LogP contribution in [-0.4, -0.2) is 95.5 Å². The highest BCUT2D eigenvalue weighted by atomic mass is 32.1. The molecule has 22 nitrogen and oxygen atoms in total. The first-order valence-corrected chi connectivity index (χ1v) is 37.6. The van der Waals surface area contributed by atoms with Crippen LogP contribution in [0.3, 0.4) is 0 Å². The van der Waals surface area contributed by atoms with Gasteiger partial charge in [-0.2, -0.15) is 23.5 Å². The van der Waals surface area contributed by atoms with Gasteiger partial charge in [0.2, 0.25) is 16.3 Å². The second-order valence-corrected chi connectivity index (χ2v) is 31.9. The molecule has 14 aromatic heterocycles. The lowest BCUT2D eigenvalue weighted by Crippen LogP contribution is -2.01. The van der Waals surface area contributed by atoms with Crippen LogP contribution < -0.4 is 0 Å². The van der Waals surface area contributed by atoms with Gasteiger partial charge in [0.1, 0.15) is 30.1 Å². The van der Waals surface area contributed by atoms with Crippen LogP contribution in [0.2, 0.25) is 0 Å². The Morgan fingerprint density at radius 1 is 0.408 bits per heavy atom. The number of rotatable bonds is 14. The minimum absolute atomic E-state index is 0.407. The van der Waals surface area contributed by atoms with E-state index in [4.69, 9.17) is 8.94 Å². The molecular weight excluding hydrogens is 1290 g/mol. The van der Waals surface area contributed by atoms with Crippen LogP contribution in [0.5, 0.6) is 0 Å². The van der Waals surface area contributed by atoms with Gasteiger partial charge in [-0.05, 0) is 88.9 Å². The summed E-state index contributed by atoms with van der Waals surface area (Å²) in [5.74, 6) is 7.96. The third-order valence-corrected chi connectivity index (χ3v) is 18.8. The van der Waals surface area contributed by atoms with E-state index in [1.807, 2.05) is 43.8 Å². The summed E-state index contributed by atoms with van der Waals surface area (Å²) in [6, 6.07) is 6.00. The minimum Gasteiger partial charge on any atom is -0.410 e. The summed E-state index contributed by atoms with van der Waals surface area (Å²) in [5.41, 5.74) is 22.0. The van der Waals surface area contributed by atoms with Gasteiger partial charge in [-0.15, -0.1) is 5.10 Å². The van der Waals surface area contributed by atoms with E-state index in [-0.39, 0.29) is 0 Å². The number of hydrogen-bond acceptors (Lipinski definition) is 16. The molecule has 14 rings (SSSR count). The second kappa shape index (κ2) is 32.5. The molecule has 0 saturated heterocycles. The number of imidazole rings is 7. The van der Waals surface area contributed by atoms with Crippen LogP contribution in [0.15, 0.2) is 69.5 Å².